The molecule has 1 N–H and O–H groups in total. The molecule has 1 amide bonds. The Kier molecular flexibility index (Phi) is 6.16. The summed E-state index contributed by atoms with van der Waals surface area (Å²) < 4.78 is 0. The van der Waals surface area contributed by atoms with Crippen LogP contribution in [-0.2, 0) is 19.6 Å². The van der Waals surface area contributed by atoms with Crippen LogP contribution in [0.3, 0.4) is 0 Å². The monoisotopic (exact) mass is 416 g/mol. The lowest BCUT2D eigenvalue weighted by Gasteiger charge is -2.15. The Morgan fingerprint density at radius 3 is 2.47 bits per heavy atom. The van der Waals surface area contributed by atoms with E-state index in [0.29, 0.717) is 18.1 Å². The van der Waals surface area contributed by atoms with Crippen molar-refractivity contribution in [3.8, 4) is 0 Å². The number of hydrogen-bond acceptors (Lipinski definition) is 5. The molecule has 0 aliphatic heterocycles. The Morgan fingerprint density at radius 1 is 0.933 bits per heavy atom. The topological polar surface area (TPSA) is 58.1 Å². The van der Waals surface area contributed by atoms with Crippen LogP contribution in [-0.4, -0.2) is 28.1 Å². The van der Waals surface area contributed by atoms with Crippen molar-refractivity contribution >= 4 is 28.0 Å². The summed E-state index contributed by atoms with van der Waals surface area (Å²) in [5.41, 5.74) is 3.51. The molecular formula is C24H24N4OS. The zero-order valence-electron chi connectivity index (χ0n) is 17.1. The van der Waals surface area contributed by atoms with Crippen molar-refractivity contribution in [2.24, 2.45) is 0 Å². The number of rotatable bonds is 7. The van der Waals surface area contributed by atoms with Crippen LogP contribution in [0.5, 0.6) is 0 Å². The van der Waals surface area contributed by atoms with Crippen molar-refractivity contribution < 1.29 is 4.79 Å². The summed E-state index contributed by atoms with van der Waals surface area (Å²) in [6.07, 6.45) is 0. The molecule has 0 aliphatic rings. The van der Waals surface area contributed by atoms with E-state index in [1.807, 2.05) is 38.2 Å². The summed E-state index contributed by atoms with van der Waals surface area (Å²) >= 11 is 1.34. The maximum atomic E-state index is 12.4. The van der Waals surface area contributed by atoms with Gasteiger partial charge in [-0.15, -0.1) is 10.2 Å². The molecule has 5 nitrogen and oxygen atoms in total. The van der Waals surface area contributed by atoms with Crippen LogP contribution >= 0.6 is 11.3 Å². The Hall–Kier alpha value is -3.09. The molecule has 0 saturated carbocycles. The third-order valence-electron chi connectivity index (χ3n) is 4.91. The van der Waals surface area contributed by atoms with E-state index in [1.54, 1.807) is 0 Å². The van der Waals surface area contributed by atoms with Gasteiger partial charge < -0.3 is 5.32 Å². The van der Waals surface area contributed by atoms with Crippen LogP contribution in [0.4, 0.5) is 0 Å². The Balaban J connectivity index is 1.32. The van der Waals surface area contributed by atoms with Gasteiger partial charge in [-0.1, -0.05) is 77.6 Å². The van der Waals surface area contributed by atoms with Crippen molar-refractivity contribution in [2.45, 2.75) is 26.6 Å². The number of fused-ring (bicyclic) bond motifs is 1. The van der Waals surface area contributed by atoms with E-state index in [-0.39, 0.29) is 5.91 Å². The minimum absolute atomic E-state index is 0.184. The minimum atomic E-state index is -0.184. The van der Waals surface area contributed by atoms with Gasteiger partial charge in [0.25, 0.3) is 5.91 Å². The fourth-order valence-corrected chi connectivity index (χ4v) is 4.15. The lowest BCUT2D eigenvalue weighted by molar-refractivity contribution is 0.0950. The fourth-order valence-electron chi connectivity index (χ4n) is 3.31. The van der Waals surface area contributed by atoms with Crippen LogP contribution in [0.25, 0.3) is 10.8 Å². The molecule has 4 aromatic rings. The van der Waals surface area contributed by atoms with E-state index >= 15 is 0 Å². The largest absolute Gasteiger partial charge is 0.346 e. The first-order chi connectivity index (χ1) is 14.6. The van der Waals surface area contributed by atoms with E-state index in [1.165, 1.54) is 33.2 Å². The van der Waals surface area contributed by atoms with Crippen LogP contribution in [0.15, 0.2) is 66.7 Å². The number of hydrogen-bond donors (Lipinski definition) is 1. The normalized spacial score (nSPS) is 11.2. The number of benzene rings is 3. The summed E-state index contributed by atoms with van der Waals surface area (Å²) in [5.74, 6) is -0.184. The van der Waals surface area contributed by atoms with Gasteiger partial charge in [-0.3, -0.25) is 9.69 Å². The maximum absolute atomic E-state index is 12.4. The van der Waals surface area contributed by atoms with Crippen molar-refractivity contribution in [3.05, 3.63) is 93.4 Å². The molecule has 1 heterocycles. The van der Waals surface area contributed by atoms with Gasteiger partial charge in [-0.25, -0.2) is 0 Å². The summed E-state index contributed by atoms with van der Waals surface area (Å²) in [5, 5.41) is 14.9. The van der Waals surface area contributed by atoms with Gasteiger partial charge >= 0.3 is 0 Å². The number of nitrogens with zero attached hydrogens (tertiary/aromatic N) is 3. The van der Waals surface area contributed by atoms with Crippen LogP contribution in [0.1, 0.15) is 31.5 Å². The second-order valence-corrected chi connectivity index (χ2v) is 8.59. The number of aryl methyl sites for hydroxylation is 1. The lowest BCUT2D eigenvalue weighted by atomic mass is 10.1. The summed E-state index contributed by atoms with van der Waals surface area (Å²) in [6.45, 7) is 3.98. The van der Waals surface area contributed by atoms with Gasteiger partial charge in [0.1, 0.15) is 5.01 Å². The van der Waals surface area contributed by atoms with E-state index in [0.717, 1.165) is 17.1 Å². The molecule has 30 heavy (non-hydrogen) atoms. The molecule has 152 valence electrons. The van der Waals surface area contributed by atoms with Gasteiger partial charge in [0, 0.05) is 13.1 Å². The molecule has 1 aromatic heterocycles. The summed E-state index contributed by atoms with van der Waals surface area (Å²) in [6, 6.07) is 23.0. The number of nitrogens with one attached hydrogen (secondary N) is 1. The maximum Gasteiger partial charge on any atom is 0.282 e. The summed E-state index contributed by atoms with van der Waals surface area (Å²) in [7, 11) is 2.05. The van der Waals surface area contributed by atoms with Crippen molar-refractivity contribution in [1.82, 2.24) is 20.4 Å². The number of carbonyl (C=O) groups excluding carboxylic acids is 1. The number of amides is 1. The quantitative estimate of drug-likeness (QED) is 0.480. The minimum Gasteiger partial charge on any atom is -0.346 e. The third-order valence-corrected chi connectivity index (χ3v) is 5.81. The van der Waals surface area contributed by atoms with E-state index < -0.39 is 0 Å². The highest BCUT2D eigenvalue weighted by molar-refractivity contribution is 7.13. The van der Waals surface area contributed by atoms with Gasteiger partial charge in [0.2, 0.25) is 5.01 Å². The van der Waals surface area contributed by atoms with E-state index in [9.17, 15) is 4.79 Å². The molecule has 3 aromatic carbocycles. The predicted molar refractivity (Wildman–Crippen MR) is 121 cm³/mol. The summed E-state index contributed by atoms with van der Waals surface area (Å²) in [4.78, 5) is 14.6. The van der Waals surface area contributed by atoms with Gasteiger partial charge in [-0.2, -0.15) is 0 Å². The predicted octanol–water partition coefficient (Wildman–Crippen LogP) is 4.56. The standard InChI is InChI=1S/C24H24N4OS/c1-17-7-9-18(10-8-17)14-25-23(29)24-27-26-22(30-24)16-28(2)15-19-11-12-20-5-3-4-6-21(20)13-19/h3-13H,14-16H2,1-2H3,(H,25,29). The van der Waals surface area contributed by atoms with Crippen molar-refractivity contribution in [3.63, 3.8) is 0 Å². The van der Waals surface area contributed by atoms with E-state index in [2.05, 4.69) is 62.9 Å². The fraction of sp³-hybridized carbons (Fsp3) is 0.208. The molecule has 0 fully saturated rings. The Bertz CT molecular complexity index is 1150. The molecule has 6 heteroatoms. The molecule has 4 rings (SSSR count). The highest BCUT2D eigenvalue weighted by atomic mass is 32.1. The number of aromatic nitrogens is 2. The highest BCUT2D eigenvalue weighted by Gasteiger charge is 2.14. The van der Waals surface area contributed by atoms with Crippen LogP contribution in [0, 0.1) is 6.92 Å². The third kappa shape index (κ3) is 5.09. The van der Waals surface area contributed by atoms with Gasteiger partial charge in [-0.05, 0) is 41.9 Å². The molecule has 0 atom stereocenters. The SMILES string of the molecule is Cc1ccc(CNC(=O)c2nnc(CN(C)Cc3ccc4ccccc4c3)s2)cc1. The van der Waals surface area contributed by atoms with E-state index in [4.69, 9.17) is 0 Å². The molecule has 0 aliphatic carbocycles. The van der Waals surface area contributed by atoms with Crippen molar-refractivity contribution in [1.29, 1.82) is 0 Å². The molecule has 0 spiro atoms. The van der Waals surface area contributed by atoms with Crippen LogP contribution in [0.2, 0.25) is 0 Å². The first kappa shape index (κ1) is 20.2. The second kappa shape index (κ2) is 9.15. The molecule has 0 radical (unpaired) electrons. The first-order valence-corrected chi connectivity index (χ1v) is 10.7. The molecule has 0 unspecified atom stereocenters. The first-order valence-electron chi connectivity index (χ1n) is 9.89. The Morgan fingerprint density at radius 2 is 1.67 bits per heavy atom. The van der Waals surface area contributed by atoms with Crippen LogP contribution < -0.4 is 5.32 Å². The number of carbonyl (C=O) groups is 1. The zero-order valence-corrected chi connectivity index (χ0v) is 17.9. The van der Waals surface area contributed by atoms with Gasteiger partial charge in [0.05, 0.1) is 6.54 Å². The van der Waals surface area contributed by atoms with Crippen molar-refractivity contribution in [2.75, 3.05) is 7.05 Å². The zero-order chi connectivity index (χ0) is 20.9. The average molecular weight is 417 g/mol. The van der Waals surface area contributed by atoms with Gasteiger partial charge in [0.15, 0.2) is 0 Å². The molecule has 0 bridgehead atoms. The highest BCUT2D eigenvalue weighted by Crippen LogP contribution is 2.18. The second-order valence-electron chi connectivity index (χ2n) is 7.52. The lowest BCUT2D eigenvalue weighted by Crippen LogP contribution is -2.22. The molecular weight excluding hydrogens is 392 g/mol. The smallest absolute Gasteiger partial charge is 0.282 e. The molecule has 0 saturated heterocycles. The average Bonchev–Trinajstić information content (AvgIpc) is 3.21. The Labute approximate surface area is 180 Å².